The minimum Gasteiger partial charge on any atom is -0.338 e. The molecule has 0 radical (unpaired) electrons. The van der Waals surface area contributed by atoms with Crippen LogP contribution in [-0.4, -0.2) is 51.7 Å². The molecule has 0 atom stereocenters. The molecule has 134 valence electrons. The molecule has 1 aliphatic heterocycles. The van der Waals surface area contributed by atoms with Gasteiger partial charge in [0, 0.05) is 31.9 Å². The number of benzene rings is 1. The van der Waals surface area contributed by atoms with E-state index in [1.165, 1.54) is 12.1 Å². The van der Waals surface area contributed by atoms with Gasteiger partial charge in [-0.15, -0.1) is 0 Å². The average Bonchev–Trinajstić information content (AvgIpc) is 2.86. The average molecular weight is 344 g/mol. The van der Waals surface area contributed by atoms with E-state index in [0.29, 0.717) is 25.7 Å². The second kappa shape index (κ2) is 7.35. The maximum absolute atomic E-state index is 13.3. The molecule has 1 fully saturated rings. The van der Waals surface area contributed by atoms with Crippen LogP contribution in [0.1, 0.15) is 29.9 Å². The Morgan fingerprint density at radius 1 is 1.32 bits per heavy atom. The number of likely N-dealkylation sites (tertiary alicyclic amines) is 1. The first kappa shape index (κ1) is 17.6. The van der Waals surface area contributed by atoms with Gasteiger partial charge in [-0.05, 0) is 44.5 Å². The molecule has 0 N–H and O–H groups in total. The fourth-order valence-electron chi connectivity index (χ4n) is 3.37. The van der Waals surface area contributed by atoms with Crippen molar-refractivity contribution in [3.05, 3.63) is 53.1 Å². The van der Waals surface area contributed by atoms with Crippen LogP contribution in [0.3, 0.4) is 0 Å². The van der Waals surface area contributed by atoms with Crippen LogP contribution >= 0.6 is 0 Å². The van der Waals surface area contributed by atoms with E-state index in [-0.39, 0.29) is 11.7 Å². The van der Waals surface area contributed by atoms with E-state index in [2.05, 4.69) is 27.7 Å². The second-order valence-electron chi connectivity index (χ2n) is 6.76. The number of carbonyl (C=O) groups is 1. The Bertz CT molecular complexity index is 752. The van der Waals surface area contributed by atoms with Gasteiger partial charge in [0.25, 0.3) is 0 Å². The standard InChI is InChI=1S/C19H25FN4O/c1-4-23(10-16-6-5-7-17(20)9-16)19(25)13-22-11-18(12-22)24-15(3)8-14(2)21-24/h5-9,18H,4,10-13H2,1-3H3. The van der Waals surface area contributed by atoms with Gasteiger partial charge >= 0.3 is 0 Å². The van der Waals surface area contributed by atoms with E-state index < -0.39 is 0 Å². The molecule has 0 saturated carbocycles. The third-order valence-corrected chi connectivity index (χ3v) is 4.68. The molecule has 1 saturated heterocycles. The highest BCUT2D eigenvalue weighted by Crippen LogP contribution is 2.22. The lowest BCUT2D eigenvalue weighted by molar-refractivity contribution is -0.134. The van der Waals surface area contributed by atoms with Crippen LogP contribution in [0.2, 0.25) is 0 Å². The molecule has 0 bridgehead atoms. The molecular weight excluding hydrogens is 319 g/mol. The molecule has 25 heavy (non-hydrogen) atoms. The summed E-state index contributed by atoms with van der Waals surface area (Å²) in [5.74, 6) is -0.185. The molecule has 6 heteroatoms. The summed E-state index contributed by atoms with van der Waals surface area (Å²) >= 11 is 0. The molecule has 1 aromatic carbocycles. The molecular formula is C19H25FN4O. The normalized spacial score (nSPS) is 15.2. The van der Waals surface area contributed by atoms with Crippen molar-refractivity contribution in [3.63, 3.8) is 0 Å². The zero-order valence-electron chi connectivity index (χ0n) is 15.1. The molecule has 0 spiro atoms. The number of aryl methyl sites for hydroxylation is 2. The topological polar surface area (TPSA) is 41.4 Å². The lowest BCUT2D eigenvalue weighted by Gasteiger charge is -2.40. The summed E-state index contributed by atoms with van der Waals surface area (Å²) in [4.78, 5) is 16.5. The lowest BCUT2D eigenvalue weighted by atomic mass is 10.1. The highest BCUT2D eigenvalue weighted by molar-refractivity contribution is 5.78. The maximum atomic E-state index is 13.3. The van der Waals surface area contributed by atoms with Gasteiger partial charge in [-0.2, -0.15) is 5.10 Å². The number of halogens is 1. The summed E-state index contributed by atoms with van der Waals surface area (Å²) in [6.07, 6.45) is 0. The largest absolute Gasteiger partial charge is 0.338 e. The number of likely N-dealkylation sites (N-methyl/N-ethyl adjacent to an activating group) is 1. The lowest BCUT2D eigenvalue weighted by Crippen LogP contribution is -2.52. The number of amides is 1. The minimum absolute atomic E-state index is 0.0820. The van der Waals surface area contributed by atoms with Gasteiger partial charge in [-0.1, -0.05) is 12.1 Å². The first-order valence-electron chi connectivity index (χ1n) is 8.73. The third-order valence-electron chi connectivity index (χ3n) is 4.68. The van der Waals surface area contributed by atoms with Crippen molar-refractivity contribution in [1.82, 2.24) is 19.6 Å². The molecule has 0 unspecified atom stereocenters. The SMILES string of the molecule is CCN(Cc1cccc(F)c1)C(=O)CN1CC(n2nc(C)cc2C)C1. The quantitative estimate of drug-likeness (QED) is 0.809. The Kier molecular flexibility index (Phi) is 5.18. The molecule has 3 rings (SSSR count). The number of nitrogens with zero attached hydrogens (tertiary/aromatic N) is 4. The Balaban J connectivity index is 1.52. The summed E-state index contributed by atoms with van der Waals surface area (Å²) in [5, 5.41) is 4.52. The van der Waals surface area contributed by atoms with Crippen LogP contribution in [0.15, 0.2) is 30.3 Å². The van der Waals surface area contributed by atoms with E-state index in [1.807, 2.05) is 19.9 Å². The predicted molar refractivity (Wildman–Crippen MR) is 94.7 cm³/mol. The van der Waals surface area contributed by atoms with Crippen molar-refractivity contribution >= 4 is 5.91 Å². The summed E-state index contributed by atoms with van der Waals surface area (Å²) in [6.45, 7) is 9.15. The molecule has 0 aliphatic carbocycles. The van der Waals surface area contributed by atoms with Crippen molar-refractivity contribution in [2.24, 2.45) is 0 Å². The number of hydrogen-bond donors (Lipinski definition) is 0. The van der Waals surface area contributed by atoms with E-state index in [9.17, 15) is 9.18 Å². The van der Waals surface area contributed by atoms with Crippen molar-refractivity contribution in [1.29, 1.82) is 0 Å². The fourth-order valence-corrected chi connectivity index (χ4v) is 3.37. The smallest absolute Gasteiger partial charge is 0.237 e. The molecule has 2 heterocycles. The van der Waals surface area contributed by atoms with Gasteiger partial charge in [0.15, 0.2) is 0 Å². The molecule has 1 amide bonds. The molecule has 2 aromatic rings. The highest BCUT2D eigenvalue weighted by atomic mass is 19.1. The molecule has 1 aromatic heterocycles. The molecule has 5 nitrogen and oxygen atoms in total. The first-order chi connectivity index (χ1) is 12.0. The monoisotopic (exact) mass is 344 g/mol. The van der Waals surface area contributed by atoms with Gasteiger partial charge in [0.2, 0.25) is 5.91 Å². The summed E-state index contributed by atoms with van der Waals surface area (Å²) in [5.41, 5.74) is 3.01. The number of carbonyl (C=O) groups excluding carboxylic acids is 1. The third kappa shape index (κ3) is 4.07. The number of aromatic nitrogens is 2. The van der Waals surface area contributed by atoms with Crippen molar-refractivity contribution in [2.75, 3.05) is 26.2 Å². The zero-order valence-corrected chi connectivity index (χ0v) is 15.1. The van der Waals surface area contributed by atoms with Crippen LogP contribution in [0.25, 0.3) is 0 Å². The van der Waals surface area contributed by atoms with E-state index in [1.54, 1.807) is 11.0 Å². The van der Waals surface area contributed by atoms with E-state index in [0.717, 1.165) is 30.0 Å². The minimum atomic E-state index is -0.267. The highest BCUT2D eigenvalue weighted by Gasteiger charge is 2.31. The van der Waals surface area contributed by atoms with Crippen molar-refractivity contribution < 1.29 is 9.18 Å². The van der Waals surface area contributed by atoms with Crippen LogP contribution in [0.4, 0.5) is 4.39 Å². The van der Waals surface area contributed by atoms with Gasteiger partial charge in [-0.3, -0.25) is 14.4 Å². The van der Waals surface area contributed by atoms with Gasteiger partial charge in [0.1, 0.15) is 5.82 Å². The Morgan fingerprint density at radius 2 is 2.08 bits per heavy atom. The van der Waals surface area contributed by atoms with Crippen LogP contribution in [-0.2, 0) is 11.3 Å². The second-order valence-corrected chi connectivity index (χ2v) is 6.76. The van der Waals surface area contributed by atoms with Crippen LogP contribution in [0.5, 0.6) is 0 Å². The van der Waals surface area contributed by atoms with Gasteiger partial charge in [-0.25, -0.2) is 4.39 Å². The maximum Gasteiger partial charge on any atom is 0.237 e. The summed E-state index contributed by atoms with van der Waals surface area (Å²) in [7, 11) is 0. The van der Waals surface area contributed by atoms with Gasteiger partial charge < -0.3 is 4.90 Å². The van der Waals surface area contributed by atoms with Crippen molar-refractivity contribution in [3.8, 4) is 0 Å². The number of rotatable bonds is 6. The van der Waals surface area contributed by atoms with Gasteiger partial charge in [0.05, 0.1) is 18.3 Å². The van der Waals surface area contributed by atoms with Crippen LogP contribution in [0, 0.1) is 19.7 Å². The Labute approximate surface area is 148 Å². The summed E-state index contributed by atoms with van der Waals surface area (Å²) < 4.78 is 15.4. The predicted octanol–water partition coefficient (Wildman–Crippen LogP) is 2.54. The van der Waals surface area contributed by atoms with Crippen molar-refractivity contribution in [2.45, 2.75) is 33.4 Å². The number of hydrogen-bond acceptors (Lipinski definition) is 3. The first-order valence-corrected chi connectivity index (χ1v) is 8.73. The molecule has 1 aliphatic rings. The van der Waals surface area contributed by atoms with E-state index in [4.69, 9.17) is 0 Å². The van der Waals surface area contributed by atoms with Crippen LogP contribution < -0.4 is 0 Å². The zero-order chi connectivity index (χ0) is 18.0. The van der Waals surface area contributed by atoms with E-state index >= 15 is 0 Å². The Hall–Kier alpha value is -2.21. The summed E-state index contributed by atoms with van der Waals surface area (Å²) in [6, 6.07) is 8.85. The Morgan fingerprint density at radius 3 is 2.68 bits per heavy atom. The fraction of sp³-hybridized carbons (Fsp3) is 0.474.